The van der Waals surface area contributed by atoms with Gasteiger partial charge in [-0.15, -0.1) is 0 Å². The second-order valence-electron chi connectivity index (χ2n) is 4.63. The van der Waals surface area contributed by atoms with Gasteiger partial charge in [-0.05, 0) is 37.3 Å². The number of nitrogen functional groups attached to an aromatic ring is 1. The van der Waals surface area contributed by atoms with Crippen molar-refractivity contribution in [2.75, 3.05) is 5.73 Å². The number of ether oxygens (including phenoxy) is 1. The molecule has 116 valence electrons. The number of amides is 1. The van der Waals surface area contributed by atoms with Gasteiger partial charge in [-0.3, -0.25) is 4.79 Å². The number of halogens is 3. The lowest BCUT2D eigenvalue weighted by Gasteiger charge is -2.19. The van der Waals surface area contributed by atoms with E-state index in [9.17, 15) is 9.18 Å². The highest BCUT2D eigenvalue weighted by Crippen LogP contribution is 2.36. The van der Waals surface area contributed by atoms with Crippen LogP contribution in [0.5, 0.6) is 5.75 Å². The number of primary amides is 1. The van der Waals surface area contributed by atoms with Gasteiger partial charge in [-0.1, -0.05) is 23.2 Å². The van der Waals surface area contributed by atoms with Gasteiger partial charge >= 0.3 is 0 Å². The summed E-state index contributed by atoms with van der Waals surface area (Å²) in [6.45, 7) is 1.64. The quantitative estimate of drug-likeness (QED) is 0.652. The lowest BCUT2D eigenvalue weighted by atomic mass is 10.1. The molecule has 2 aromatic carbocycles. The molecule has 1 unspecified atom stereocenters. The molecule has 0 bridgehead atoms. The molecule has 0 aliphatic heterocycles. The first-order valence-electron chi connectivity index (χ1n) is 6.30. The Hall–Kier alpha value is -1.98. The normalized spacial score (nSPS) is 12.0. The van der Waals surface area contributed by atoms with Crippen LogP contribution in [0.1, 0.15) is 28.9 Å². The molecule has 4 nitrogen and oxygen atoms in total. The van der Waals surface area contributed by atoms with E-state index in [1.54, 1.807) is 6.92 Å². The Kier molecular flexibility index (Phi) is 4.78. The summed E-state index contributed by atoms with van der Waals surface area (Å²) in [7, 11) is 0. The molecule has 22 heavy (non-hydrogen) atoms. The minimum absolute atomic E-state index is 0.121. The van der Waals surface area contributed by atoms with Gasteiger partial charge < -0.3 is 16.2 Å². The van der Waals surface area contributed by atoms with Gasteiger partial charge in [0.25, 0.3) is 0 Å². The number of rotatable bonds is 4. The van der Waals surface area contributed by atoms with E-state index < -0.39 is 17.8 Å². The minimum atomic E-state index is -0.680. The van der Waals surface area contributed by atoms with Crippen LogP contribution in [0, 0.1) is 5.82 Å². The van der Waals surface area contributed by atoms with E-state index in [1.165, 1.54) is 30.3 Å². The number of benzene rings is 2. The molecule has 0 aliphatic rings. The van der Waals surface area contributed by atoms with Gasteiger partial charge in [-0.2, -0.15) is 0 Å². The van der Waals surface area contributed by atoms with Crippen LogP contribution in [0.25, 0.3) is 0 Å². The number of carbonyl (C=O) groups is 1. The third-order valence-electron chi connectivity index (χ3n) is 3.09. The molecular weight excluding hydrogens is 330 g/mol. The third-order valence-corrected chi connectivity index (χ3v) is 3.80. The van der Waals surface area contributed by atoms with E-state index in [1.807, 2.05) is 0 Å². The van der Waals surface area contributed by atoms with Crippen molar-refractivity contribution in [2.24, 2.45) is 5.73 Å². The Balaban J connectivity index is 2.37. The third kappa shape index (κ3) is 3.26. The maximum Gasteiger partial charge on any atom is 0.248 e. The summed E-state index contributed by atoms with van der Waals surface area (Å²) in [4.78, 5) is 11.2. The molecule has 0 saturated heterocycles. The molecule has 0 fully saturated rings. The Labute approximate surface area is 136 Å². The SMILES string of the molecule is CC(Oc1cc(C(N)=O)ccc1N)c1c(Cl)ccc(F)c1Cl. The molecule has 1 atom stereocenters. The van der Waals surface area contributed by atoms with Crippen LogP contribution in [-0.4, -0.2) is 5.91 Å². The number of carbonyl (C=O) groups excluding carboxylic acids is 1. The minimum Gasteiger partial charge on any atom is -0.484 e. The maximum atomic E-state index is 13.6. The highest BCUT2D eigenvalue weighted by molar-refractivity contribution is 6.36. The van der Waals surface area contributed by atoms with Crippen molar-refractivity contribution in [2.45, 2.75) is 13.0 Å². The molecule has 2 rings (SSSR count). The van der Waals surface area contributed by atoms with Gasteiger partial charge in [0.2, 0.25) is 5.91 Å². The van der Waals surface area contributed by atoms with Crippen molar-refractivity contribution in [3.63, 3.8) is 0 Å². The lowest BCUT2D eigenvalue weighted by molar-refractivity contribution is 0.0999. The summed E-state index contributed by atoms with van der Waals surface area (Å²) < 4.78 is 19.2. The van der Waals surface area contributed by atoms with Crippen molar-refractivity contribution in [1.29, 1.82) is 0 Å². The van der Waals surface area contributed by atoms with Crippen molar-refractivity contribution < 1.29 is 13.9 Å². The summed E-state index contributed by atoms with van der Waals surface area (Å²) in [5, 5.41) is 0.146. The fraction of sp³-hybridized carbons (Fsp3) is 0.133. The fourth-order valence-corrected chi connectivity index (χ4v) is 2.63. The Bertz CT molecular complexity index is 738. The molecule has 0 radical (unpaired) electrons. The van der Waals surface area contributed by atoms with Crippen molar-refractivity contribution in [3.8, 4) is 5.75 Å². The molecule has 7 heteroatoms. The molecule has 0 aromatic heterocycles. The average Bonchev–Trinajstić information content (AvgIpc) is 2.45. The number of anilines is 1. The van der Waals surface area contributed by atoms with E-state index in [-0.39, 0.29) is 21.4 Å². The van der Waals surface area contributed by atoms with E-state index in [4.69, 9.17) is 39.4 Å². The topological polar surface area (TPSA) is 78.3 Å². The van der Waals surface area contributed by atoms with Crippen LogP contribution in [-0.2, 0) is 0 Å². The molecule has 0 spiro atoms. The van der Waals surface area contributed by atoms with Crippen LogP contribution in [0.3, 0.4) is 0 Å². The molecule has 0 heterocycles. The van der Waals surface area contributed by atoms with Gasteiger partial charge in [0.15, 0.2) is 0 Å². The average molecular weight is 343 g/mol. The molecule has 4 N–H and O–H groups in total. The molecule has 1 amide bonds. The first kappa shape index (κ1) is 16.4. The zero-order chi connectivity index (χ0) is 16.4. The maximum absolute atomic E-state index is 13.6. The van der Waals surface area contributed by atoms with Crippen LogP contribution < -0.4 is 16.2 Å². The van der Waals surface area contributed by atoms with E-state index >= 15 is 0 Å². The number of nitrogens with two attached hydrogens (primary N) is 2. The van der Waals surface area contributed by atoms with Gasteiger partial charge in [0, 0.05) is 16.1 Å². The zero-order valence-electron chi connectivity index (χ0n) is 11.6. The summed E-state index contributed by atoms with van der Waals surface area (Å²) >= 11 is 12.0. The van der Waals surface area contributed by atoms with Crippen molar-refractivity contribution in [3.05, 3.63) is 57.3 Å². The number of hydrogen-bond acceptors (Lipinski definition) is 3. The van der Waals surface area contributed by atoms with Crippen molar-refractivity contribution >= 4 is 34.8 Å². The Morgan fingerprint density at radius 1 is 1.27 bits per heavy atom. The molecule has 0 saturated carbocycles. The van der Waals surface area contributed by atoms with Gasteiger partial charge in [0.1, 0.15) is 17.7 Å². The molecule has 0 aliphatic carbocycles. The lowest BCUT2D eigenvalue weighted by Crippen LogP contribution is -2.12. The standard InChI is InChI=1S/C15H13Cl2FN2O2/c1-7(13-9(16)3-4-10(18)14(13)17)22-12-6-8(15(20)21)2-5-11(12)19/h2-7H,19H2,1H3,(H2,20,21). The summed E-state index contributed by atoms with van der Waals surface area (Å²) in [6, 6.07) is 6.95. The first-order chi connectivity index (χ1) is 10.3. The fourth-order valence-electron chi connectivity index (χ4n) is 1.95. The molecule has 2 aromatic rings. The highest BCUT2D eigenvalue weighted by Gasteiger charge is 2.19. The van der Waals surface area contributed by atoms with E-state index in [2.05, 4.69) is 0 Å². The van der Waals surface area contributed by atoms with Crippen molar-refractivity contribution in [1.82, 2.24) is 0 Å². The monoisotopic (exact) mass is 342 g/mol. The van der Waals surface area contributed by atoms with E-state index in [0.29, 0.717) is 11.3 Å². The van der Waals surface area contributed by atoms with Crippen LogP contribution in [0.2, 0.25) is 10.0 Å². The smallest absolute Gasteiger partial charge is 0.248 e. The summed E-state index contributed by atoms with van der Waals surface area (Å²) in [5.41, 5.74) is 11.9. The predicted octanol–water partition coefficient (Wildman–Crippen LogP) is 3.95. The Morgan fingerprint density at radius 2 is 1.95 bits per heavy atom. The van der Waals surface area contributed by atoms with Crippen LogP contribution in [0.4, 0.5) is 10.1 Å². The number of hydrogen-bond donors (Lipinski definition) is 2. The molecular formula is C15H13Cl2FN2O2. The Morgan fingerprint density at radius 3 is 2.59 bits per heavy atom. The van der Waals surface area contributed by atoms with E-state index in [0.717, 1.165) is 0 Å². The first-order valence-corrected chi connectivity index (χ1v) is 7.06. The van der Waals surface area contributed by atoms with Crippen LogP contribution in [0.15, 0.2) is 30.3 Å². The van der Waals surface area contributed by atoms with Gasteiger partial charge in [-0.25, -0.2) is 4.39 Å². The highest BCUT2D eigenvalue weighted by atomic mass is 35.5. The van der Waals surface area contributed by atoms with Gasteiger partial charge in [0.05, 0.1) is 10.7 Å². The predicted molar refractivity (Wildman–Crippen MR) is 84.8 cm³/mol. The second-order valence-corrected chi connectivity index (χ2v) is 5.42. The largest absolute Gasteiger partial charge is 0.484 e. The summed E-state index contributed by atoms with van der Waals surface area (Å²) in [5.74, 6) is -0.977. The summed E-state index contributed by atoms with van der Waals surface area (Å²) in [6.07, 6.45) is -0.680. The second kappa shape index (κ2) is 6.42. The van der Waals surface area contributed by atoms with Crippen LogP contribution >= 0.6 is 23.2 Å². The zero-order valence-corrected chi connectivity index (χ0v) is 13.1.